The molecule has 13 heteroatoms. The summed E-state index contributed by atoms with van der Waals surface area (Å²) in [7, 11) is 1.57. The lowest BCUT2D eigenvalue weighted by atomic mass is 9.92. The SMILES string of the molecule is Cc1nc2cc(C(F)(F)F)c(C(C)N(C)c3ccc(C(=O)N4CCC5(CC4)CC5(F)F)cc3)cc2c(=O)n1CC(=O)O. The first-order chi connectivity index (χ1) is 19.5. The summed E-state index contributed by atoms with van der Waals surface area (Å²) in [5.74, 6) is -4.28. The first-order valence-corrected chi connectivity index (χ1v) is 13.4. The Balaban J connectivity index is 1.41. The minimum atomic E-state index is -4.77. The molecule has 1 saturated heterocycles. The predicted molar refractivity (Wildman–Crippen MR) is 144 cm³/mol. The van der Waals surface area contributed by atoms with Crippen molar-refractivity contribution in [3.63, 3.8) is 0 Å². The molecule has 8 nitrogen and oxygen atoms in total. The zero-order chi connectivity index (χ0) is 30.8. The number of rotatable bonds is 6. The molecule has 224 valence electrons. The second kappa shape index (κ2) is 10.1. The van der Waals surface area contributed by atoms with E-state index in [1.165, 1.54) is 13.8 Å². The molecule has 1 saturated carbocycles. The molecule has 1 unspecified atom stereocenters. The van der Waals surface area contributed by atoms with E-state index in [0.29, 0.717) is 11.3 Å². The Bertz CT molecular complexity index is 1630. The highest BCUT2D eigenvalue weighted by atomic mass is 19.4. The molecular formula is C29H29F5N4O4. The highest BCUT2D eigenvalue weighted by molar-refractivity contribution is 5.94. The van der Waals surface area contributed by atoms with E-state index in [0.717, 1.165) is 16.7 Å². The number of aryl methyl sites for hydroxylation is 1. The van der Waals surface area contributed by atoms with Gasteiger partial charge < -0.3 is 14.9 Å². The van der Waals surface area contributed by atoms with Crippen LogP contribution in [0.1, 0.15) is 59.5 Å². The molecule has 0 radical (unpaired) electrons. The minimum Gasteiger partial charge on any atom is -0.480 e. The van der Waals surface area contributed by atoms with Crippen LogP contribution in [-0.2, 0) is 17.5 Å². The summed E-state index contributed by atoms with van der Waals surface area (Å²) in [6.07, 6.45) is -4.41. The van der Waals surface area contributed by atoms with Crippen molar-refractivity contribution >= 4 is 28.5 Å². The highest BCUT2D eigenvalue weighted by Gasteiger charge is 2.70. The Labute approximate surface area is 237 Å². The molecule has 1 aliphatic heterocycles. The van der Waals surface area contributed by atoms with Crippen molar-refractivity contribution in [2.24, 2.45) is 5.41 Å². The lowest BCUT2D eigenvalue weighted by Gasteiger charge is -2.32. The normalized spacial score (nSPS) is 18.2. The van der Waals surface area contributed by atoms with E-state index < -0.39 is 47.2 Å². The summed E-state index contributed by atoms with van der Waals surface area (Å²) in [6, 6.07) is 7.26. The quantitative estimate of drug-likeness (QED) is 0.392. The van der Waals surface area contributed by atoms with Crippen molar-refractivity contribution < 1.29 is 36.6 Å². The number of carboxylic acids is 1. The molecule has 2 heterocycles. The Morgan fingerprint density at radius 3 is 2.24 bits per heavy atom. The molecule has 5 rings (SSSR count). The second-order valence-corrected chi connectivity index (χ2v) is 11.2. The summed E-state index contributed by atoms with van der Waals surface area (Å²) in [4.78, 5) is 44.4. The van der Waals surface area contributed by atoms with Crippen LogP contribution in [0.15, 0.2) is 41.2 Å². The highest BCUT2D eigenvalue weighted by Crippen LogP contribution is 2.65. The number of fused-ring (bicyclic) bond motifs is 1. The maximum atomic E-state index is 14.2. The van der Waals surface area contributed by atoms with E-state index in [1.807, 2.05) is 0 Å². The Kier molecular flexibility index (Phi) is 7.05. The zero-order valence-electron chi connectivity index (χ0n) is 23.1. The molecule has 2 aliphatic rings. The van der Waals surface area contributed by atoms with Gasteiger partial charge in [-0.25, -0.2) is 13.8 Å². The number of anilines is 1. The molecule has 2 aromatic carbocycles. The molecule has 2 fully saturated rings. The largest absolute Gasteiger partial charge is 0.480 e. The lowest BCUT2D eigenvalue weighted by Crippen LogP contribution is -2.40. The fourth-order valence-corrected chi connectivity index (χ4v) is 5.82. The van der Waals surface area contributed by atoms with Crippen LogP contribution in [0.3, 0.4) is 0 Å². The first-order valence-electron chi connectivity index (χ1n) is 13.4. The van der Waals surface area contributed by atoms with Crippen LogP contribution in [0.25, 0.3) is 10.9 Å². The van der Waals surface area contributed by atoms with Crippen LogP contribution < -0.4 is 10.5 Å². The topological polar surface area (TPSA) is 95.7 Å². The smallest absolute Gasteiger partial charge is 0.416 e. The second-order valence-electron chi connectivity index (χ2n) is 11.2. The van der Waals surface area contributed by atoms with Crippen LogP contribution in [-0.4, -0.2) is 57.5 Å². The third kappa shape index (κ3) is 5.09. The van der Waals surface area contributed by atoms with Gasteiger partial charge in [0.2, 0.25) is 0 Å². The van der Waals surface area contributed by atoms with Gasteiger partial charge in [0, 0.05) is 43.2 Å². The van der Waals surface area contributed by atoms with Crippen molar-refractivity contribution in [3.05, 3.63) is 69.3 Å². The molecule has 0 bridgehead atoms. The molecule has 1 spiro atoms. The molecule has 1 atom stereocenters. The van der Waals surface area contributed by atoms with Gasteiger partial charge >= 0.3 is 12.1 Å². The van der Waals surface area contributed by atoms with Crippen LogP contribution in [0.5, 0.6) is 0 Å². The Hall–Kier alpha value is -4.03. The summed E-state index contributed by atoms with van der Waals surface area (Å²) in [5, 5.41) is 9.02. The van der Waals surface area contributed by atoms with Gasteiger partial charge in [0.1, 0.15) is 12.4 Å². The molecular weight excluding hydrogens is 563 g/mol. The maximum Gasteiger partial charge on any atom is 0.416 e. The van der Waals surface area contributed by atoms with Gasteiger partial charge in [0.05, 0.1) is 22.5 Å². The average Bonchev–Trinajstić information content (AvgIpc) is 3.47. The number of hydrogen-bond donors (Lipinski definition) is 1. The number of benzene rings is 2. The molecule has 1 aromatic heterocycles. The number of amides is 1. The van der Waals surface area contributed by atoms with Gasteiger partial charge in [-0.05, 0) is 68.7 Å². The fourth-order valence-electron chi connectivity index (χ4n) is 5.82. The lowest BCUT2D eigenvalue weighted by molar-refractivity contribution is -0.138. The van der Waals surface area contributed by atoms with Crippen molar-refractivity contribution in [2.45, 2.75) is 57.8 Å². The first kappa shape index (κ1) is 29.5. The van der Waals surface area contributed by atoms with Crippen molar-refractivity contribution in [1.29, 1.82) is 0 Å². The number of piperidine rings is 1. The van der Waals surface area contributed by atoms with Gasteiger partial charge in [-0.2, -0.15) is 13.2 Å². The van der Waals surface area contributed by atoms with E-state index in [-0.39, 0.29) is 60.5 Å². The number of aliphatic carboxylic acids is 1. The summed E-state index contributed by atoms with van der Waals surface area (Å²) >= 11 is 0. The summed E-state index contributed by atoms with van der Waals surface area (Å²) in [5.41, 5.74) is -2.30. The standard InChI is InChI=1S/C29H29F5N4O4/c1-16(20-12-21-23(13-22(20)29(32,33)34)35-17(2)38(26(21)42)14-24(39)40)36(3)19-6-4-18(5-7-19)25(41)37-10-8-27(9-11-37)15-28(27,30)31/h4-7,12-13,16H,8-11,14-15H2,1-3H3,(H,39,40). The van der Waals surface area contributed by atoms with Crippen LogP contribution in [0, 0.1) is 12.3 Å². The Morgan fingerprint density at radius 2 is 1.71 bits per heavy atom. The van der Waals surface area contributed by atoms with Crippen molar-refractivity contribution in [1.82, 2.24) is 14.5 Å². The number of carbonyl (C=O) groups excluding carboxylic acids is 1. The van der Waals surface area contributed by atoms with Crippen LogP contribution in [0.4, 0.5) is 27.6 Å². The van der Waals surface area contributed by atoms with E-state index in [4.69, 9.17) is 5.11 Å². The third-order valence-electron chi connectivity index (χ3n) is 8.69. The van der Waals surface area contributed by atoms with E-state index in [9.17, 15) is 36.3 Å². The van der Waals surface area contributed by atoms with Crippen molar-refractivity contribution in [3.8, 4) is 0 Å². The maximum absolute atomic E-state index is 14.2. The van der Waals surface area contributed by atoms with Gasteiger partial charge in [0.15, 0.2) is 0 Å². The summed E-state index contributed by atoms with van der Waals surface area (Å²) < 4.78 is 70.8. The summed E-state index contributed by atoms with van der Waals surface area (Å²) in [6.45, 7) is 2.66. The number of nitrogens with zero attached hydrogens (tertiary/aromatic N) is 4. The van der Waals surface area contributed by atoms with Gasteiger partial charge in [0.25, 0.3) is 17.4 Å². The number of alkyl halides is 5. The van der Waals surface area contributed by atoms with E-state index >= 15 is 0 Å². The van der Waals surface area contributed by atoms with E-state index in [1.54, 1.807) is 41.1 Å². The molecule has 3 aromatic rings. The average molecular weight is 593 g/mol. The number of likely N-dealkylation sites (tertiary alicyclic amines) is 1. The number of hydrogen-bond acceptors (Lipinski definition) is 5. The Morgan fingerprint density at radius 1 is 1.12 bits per heavy atom. The number of carbonyl (C=O) groups is 2. The van der Waals surface area contributed by atoms with Crippen molar-refractivity contribution in [2.75, 3.05) is 25.0 Å². The molecule has 1 amide bonds. The van der Waals surface area contributed by atoms with Gasteiger partial charge in [-0.1, -0.05) is 0 Å². The minimum absolute atomic E-state index is 0.0230. The third-order valence-corrected chi connectivity index (χ3v) is 8.69. The number of halogens is 5. The van der Waals surface area contributed by atoms with Crippen LogP contribution >= 0.6 is 0 Å². The monoisotopic (exact) mass is 592 g/mol. The zero-order valence-corrected chi connectivity index (χ0v) is 23.1. The molecule has 1 N–H and O–H groups in total. The molecule has 1 aliphatic carbocycles. The molecule has 42 heavy (non-hydrogen) atoms. The van der Waals surface area contributed by atoms with Gasteiger partial charge in [-0.15, -0.1) is 0 Å². The number of aromatic nitrogens is 2. The predicted octanol–water partition coefficient (Wildman–Crippen LogP) is 5.27. The van der Waals surface area contributed by atoms with Gasteiger partial charge in [-0.3, -0.25) is 19.0 Å². The van der Waals surface area contributed by atoms with Crippen LogP contribution in [0.2, 0.25) is 0 Å². The number of carboxylic acid groups (broad SMARTS) is 1. The van der Waals surface area contributed by atoms with E-state index in [2.05, 4.69) is 4.98 Å². The fraction of sp³-hybridized carbons (Fsp3) is 0.448.